The van der Waals surface area contributed by atoms with Crippen molar-refractivity contribution in [1.29, 1.82) is 0 Å². The zero-order chi connectivity index (χ0) is 17.6. The maximum Gasteiger partial charge on any atom is 0.407 e. The SMILES string of the molecule is Cc1[nH]c(C=O)c(C)c1C(=O)NCCCNC(=O)OC(C)(C)C. The average molecular weight is 323 g/mol. The number of amides is 2. The number of carbonyl (C=O) groups is 3. The highest BCUT2D eigenvalue weighted by molar-refractivity contribution is 5.99. The fraction of sp³-hybridized carbons (Fsp3) is 0.562. The normalized spacial score (nSPS) is 11.0. The van der Waals surface area contributed by atoms with Crippen LogP contribution in [0.1, 0.15) is 59.3 Å². The number of nitrogens with one attached hydrogen (secondary N) is 3. The summed E-state index contributed by atoms with van der Waals surface area (Å²) in [6.45, 7) is 9.67. The summed E-state index contributed by atoms with van der Waals surface area (Å²) in [6.07, 6.45) is 0.800. The molecule has 0 aromatic carbocycles. The minimum absolute atomic E-state index is 0.235. The predicted octanol–water partition coefficient (Wildman–Crippen LogP) is 2.09. The lowest BCUT2D eigenvalue weighted by atomic mass is 10.1. The number of aromatic nitrogens is 1. The van der Waals surface area contributed by atoms with Crippen LogP contribution in [0, 0.1) is 13.8 Å². The number of hydrogen-bond acceptors (Lipinski definition) is 4. The standard InChI is InChI=1S/C16H25N3O4/c1-10-12(9-20)19-11(2)13(10)14(21)17-7-6-8-18-15(22)23-16(3,4)5/h9,19H,6-8H2,1-5H3,(H,17,21)(H,18,22). The Bertz CT molecular complexity index is 585. The molecular weight excluding hydrogens is 298 g/mol. The third-order valence-corrected chi connectivity index (χ3v) is 3.13. The zero-order valence-electron chi connectivity index (χ0n) is 14.3. The molecule has 0 radical (unpaired) electrons. The van der Waals surface area contributed by atoms with Crippen molar-refractivity contribution in [2.24, 2.45) is 0 Å². The van der Waals surface area contributed by atoms with E-state index in [-0.39, 0.29) is 5.91 Å². The lowest BCUT2D eigenvalue weighted by Gasteiger charge is -2.19. The molecule has 0 aliphatic heterocycles. The van der Waals surface area contributed by atoms with Crippen LogP contribution in [-0.2, 0) is 4.74 Å². The Morgan fingerprint density at radius 1 is 1.17 bits per heavy atom. The van der Waals surface area contributed by atoms with Gasteiger partial charge in [-0.3, -0.25) is 9.59 Å². The van der Waals surface area contributed by atoms with Gasteiger partial charge in [-0.1, -0.05) is 0 Å². The number of hydrogen-bond donors (Lipinski definition) is 3. The Labute approximate surface area is 136 Å². The number of ether oxygens (including phenoxy) is 1. The molecule has 1 aromatic rings. The van der Waals surface area contributed by atoms with Gasteiger partial charge in [0.1, 0.15) is 5.60 Å². The van der Waals surface area contributed by atoms with Gasteiger partial charge >= 0.3 is 6.09 Å². The molecule has 0 saturated carbocycles. The summed E-state index contributed by atoms with van der Waals surface area (Å²) >= 11 is 0. The minimum Gasteiger partial charge on any atom is -0.444 e. The maximum atomic E-state index is 12.1. The van der Waals surface area contributed by atoms with Crippen molar-refractivity contribution in [3.05, 3.63) is 22.5 Å². The van der Waals surface area contributed by atoms with Crippen LogP contribution in [0.5, 0.6) is 0 Å². The molecule has 0 aliphatic carbocycles. The average Bonchev–Trinajstić information content (AvgIpc) is 2.70. The molecule has 0 saturated heterocycles. The Balaban J connectivity index is 2.37. The number of aldehydes is 1. The van der Waals surface area contributed by atoms with Gasteiger partial charge in [0.25, 0.3) is 5.91 Å². The van der Waals surface area contributed by atoms with Gasteiger partial charge in [-0.05, 0) is 46.6 Å². The van der Waals surface area contributed by atoms with Crippen molar-refractivity contribution < 1.29 is 19.1 Å². The van der Waals surface area contributed by atoms with E-state index in [1.165, 1.54) is 0 Å². The van der Waals surface area contributed by atoms with Crippen molar-refractivity contribution in [2.75, 3.05) is 13.1 Å². The van der Waals surface area contributed by atoms with Gasteiger partial charge in [0.2, 0.25) is 0 Å². The van der Waals surface area contributed by atoms with Crippen LogP contribution in [0.3, 0.4) is 0 Å². The summed E-state index contributed by atoms with van der Waals surface area (Å²) < 4.78 is 5.11. The van der Waals surface area contributed by atoms with Crippen molar-refractivity contribution in [3.8, 4) is 0 Å². The van der Waals surface area contributed by atoms with Gasteiger partial charge in [0.15, 0.2) is 6.29 Å². The molecular formula is C16H25N3O4. The second-order valence-corrected chi connectivity index (χ2v) is 6.32. The Kier molecular flexibility index (Phi) is 6.36. The number of H-pyrrole nitrogens is 1. The molecule has 23 heavy (non-hydrogen) atoms. The van der Waals surface area contributed by atoms with Gasteiger partial charge in [-0.15, -0.1) is 0 Å². The summed E-state index contributed by atoms with van der Waals surface area (Å²) in [6, 6.07) is 0. The fourth-order valence-electron chi connectivity index (χ4n) is 2.12. The van der Waals surface area contributed by atoms with Crippen LogP contribution in [0.2, 0.25) is 0 Å². The first kappa shape index (κ1) is 18.7. The van der Waals surface area contributed by atoms with Crippen LogP contribution in [0.15, 0.2) is 0 Å². The van der Waals surface area contributed by atoms with E-state index in [1.807, 2.05) is 0 Å². The van der Waals surface area contributed by atoms with Gasteiger partial charge in [-0.25, -0.2) is 4.79 Å². The molecule has 7 nitrogen and oxygen atoms in total. The first-order chi connectivity index (χ1) is 10.7. The Morgan fingerprint density at radius 2 is 1.78 bits per heavy atom. The van der Waals surface area contributed by atoms with Crippen LogP contribution >= 0.6 is 0 Å². The monoisotopic (exact) mass is 323 g/mol. The second kappa shape index (κ2) is 7.80. The smallest absolute Gasteiger partial charge is 0.407 e. The summed E-state index contributed by atoms with van der Waals surface area (Å²) in [4.78, 5) is 37.3. The number of carbonyl (C=O) groups excluding carboxylic acids is 3. The number of aromatic amines is 1. The van der Waals surface area contributed by atoms with Crippen molar-refractivity contribution in [1.82, 2.24) is 15.6 Å². The molecule has 128 valence electrons. The highest BCUT2D eigenvalue weighted by atomic mass is 16.6. The van der Waals surface area contributed by atoms with Crippen molar-refractivity contribution in [2.45, 2.75) is 46.6 Å². The summed E-state index contributed by atoms with van der Waals surface area (Å²) in [5, 5.41) is 5.40. The number of rotatable bonds is 6. The molecule has 7 heteroatoms. The van der Waals surface area contributed by atoms with Crippen LogP contribution in [0.4, 0.5) is 4.79 Å². The first-order valence-corrected chi connectivity index (χ1v) is 7.55. The number of aryl methyl sites for hydroxylation is 1. The van der Waals surface area contributed by atoms with Crippen LogP contribution < -0.4 is 10.6 Å². The lowest BCUT2D eigenvalue weighted by molar-refractivity contribution is 0.0527. The molecule has 1 heterocycles. The summed E-state index contributed by atoms with van der Waals surface area (Å²) in [5.74, 6) is -0.235. The molecule has 1 rings (SSSR count). The van der Waals surface area contributed by atoms with Crippen LogP contribution in [0.25, 0.3) is 0 Å². The summed E-state index contributed by atoms with van der Waals surface area (Å²) in [7, 11) is 0. The van der Waals surface area contributed by atoms with E-state index in [2.05, 4.69) is 15.6 Å². The van der Waals surface area contributed by atoms with E-state index >= 15 is 0 Å². The zero-order valence-corrected chi connectivity index (χ0v) is 14.3. The molecule has 0 atom stereocenters. The van der Waals surface area contributed by atoms with Gasteiger partial charge in [0, 0.05) is 18.8 Å². The van der Waals surface area contributed by atoms with E-state index in [4.69, 9.17) is 4.74 Å². The lowest BCUT2D eigenvalue weighted by Crippen LogP contribution is -2.34. The molecule has 0 spiro atoms. The second-order valence-electron chi connectivity index (χ2n) is 6.32. The van der Waals surface area contributed by atoms with Gasteiger partial charge in [0.05, 0.1) is 11.3 Å². The van der Waals surface area contributed by atoms with Gasteiger partial charge < -0.3 is 20.4 Å². The predicted molar refractivity (Wildman–Crippen MR) is 86.8 cm³/mol. The Hall–Kier alpha value is -2.31. The molecule has 2 amide bonds. The van der Waals surface area contributed by atoms with Crippen LogP contribution in [-0.4, -0.2) is 42.0 Å². The molecule has 1 aromatic heterocycles. The maximum absolute atomic E-state index is 12.1. The fourth-order valence-corrected chi connectivity index (χ4v) is 2.12. The third kappa shape index (κ3) is 5.77. The van der Waals surface area contributed by atoms with E-state index in [0.717, 1.165) is 0 Å². The first-order valence-electron chi connectivity index (χ1n) is 7.55. The summed E-state index contributed by atoms with van der Waals surface area (Å²) in [5.41, 5.74) is 1.68. The molecule has 0 unspecified atom stereocenters. The molecule has 3 N–H and O–H groups in total. The Morgan fingerprint density at radius 3 is 2.30 bits per heavy atom. The van der Waals surface area contributed by atoms with Crippen molar-refractivity contribution >= 4 is 18.3 Å². The van der Waals surface area contributed by atoms with Gasteiger partial charge in [-0.2, -0.15) is 0 Å². The quantitative estimate of drug-likeness (QED) is 0.551. The van der Waals surface area contributed by atoms with E-state index in [9.17, 15) is 14.4 Å². The topological polar surface area (TPSA) is 100 Å². The minimum atomic E-state index is -0.530. The van der Waals surface area contributed by atoms with E-state index < -0.39 is 11.7 Å². The number of alkyl carbamates (subject to hydrolysis) is 1. The highest BCUT2D eigenvalue weighted by Crippen LogP contribution is 2.16. The molecule has 0 fully saturated rings. The molecule has 0 bridgehead atoms. The molecule has 0 aliphatic rings. The van der Waals surface area contributed by atoms with E-state index in [1.54, 1.807) is 34.6 Å². The largest absolute Gasteiger partial charge is 0.444 e. The highest BCUT2D eigenvalue weighted by Gasteiger charge is 2.18. The third-order valence-electron chi connectivity index (χ3n) is 3.13. The van der Waals surface area contributed by atoms with Crippen molar-refractivity contribution in [3.63, 3.8) is 0 Å². The van der Waals surface area contributed by atoms with E-state index in [0.29, 0.717) is 48.3 Å².